The predicted molar refractivity (Wildman–Crippen MR) is 124 cm³/mol. The molecule has 0 spiro atoms. The van der Waals surface area contributed by atoms with Gasteiger partial charge in [-0.15, -0.1) is 5.10 Å². The fourth-order valence-corrected chi connectivity index (χ4v) is 4.39. The van der Waals surface area contributed by atoms with E-state index < -0.39 is 0 Å². The quantitative estimate of drug-likeness (QED) is 0.468. The van der Waals surface area contributed by atoms with Crippen LogP contribution in [-0.4, -0.2) is 62.7 Å². The molecule has 3 aromatic rings. The number of aliphatic hydroxyl groups is 1. The summed E-state index contributed by atoms with van der Waals surface area (Å²) in [5.41, 5.74) is 1.01. The topological polar surface area (TPSA) is 138 Å². The zero-order valence-corrected chi connectivity index (χ0v) is 18.8. The molecule has 11 nitrogen and oxygen atoms in total. The molecule has 0 radical (unpaired) electrons. The second-order valence-corrected chi connectivity index (χ2v) is 8.96. The summed E-state index contributed by atoms with van der Waals surface area (Å²) in [6.07, 6.45) is 4.18. The van der Waals surface area contributed by atoms with Crippen molar-refractivity contribution in [3.05, 3.63) is 58.3 Å². The number of β-amino-alcohol motifs (C(OH)–C–C–N with tert-alkyl or cyclic N) is 1. The van der Waals surface area contributed by atoms with E-state index in [1.165, 1.54) is 10.7 Å². The van der Waals surface area contributed by atoms with Gasteiger partial charge in [0.1, 0.15) is 11.6 Å². The third-order valence-corrected chi connectivity index (χ3v) is 6.26. The number of aromatic nitrogens is 4. The highest BCUT2D eigenvalue weighted by atomic mass is 16.5. The Labute approximate surface area is 195 Å². The molecule has 1 saturated carbocycles. The van der Waals surface area contributed by atoms with Crippen molar-refractivity contribution in [1.29, 1.82) is 0 Å². The Hall–Kier alpha value is -3.73. The maximum atomic E-state index is 12.3. The number of hydrogen-bond donors (Lipinski definition) is 3. The zero-order valence-electron chi connectivity index (χ0n) is 18.8. The molecule has 0 bridgehead atoms. The number of nitrogens with zero attached hydrogens (tertiary/aromatic N) is 5. The molecule has 0 aromatic carbocycles. The van der Waals surface area contributed by atoms with Crippen LogP contribution in [0.5, 0.6) is 0 Å². The van der Waals surface area contributed by atoms with Gasteiger partial charge in [0.15, 0.2) is 0 Å². The van der Waals surface area contributed by atoms with Gasteiger partial charge in [-0.3, -0.25) is 9.59 Å². The summed E-state index contributed by atoms with van der Waals surface area (Å²) in [5.74, 6) is 1.74. The Morgan fingerprint density at radius 1 is 1.24 bits per heavy atom. The molecular weight excluding hydrogens is 438 g/mol. The van der Waals surface area contributed by atoms with E-state index in [4.69, 9.17) is 4.52 Å². The Kier molecular flexibility index (Phi) is 6.01. The van der Waals surface area contributed by atoms with Crippen LogP contribution in [0.1, 0.15) is 35.5 Å². The van der Waals surface area contributed by atoms with Crippen LogP contribution in [0.3, 0.4) is 0 Å². The maximum Gasteiger partial charge on any atom is 0.289 e. The van der Waals surface area contributed by atoms with Crippen LogP contribution in [0.25, 0.3) is 5.69 Å². The molecular formula is C23H27N7O4. The lowest BCUT2D eigenvalue weighted by atomic mass is 10.1. The number of aryl methyl sites for hydroxylation is 1. The first kappa shape index (κ1) is 22.1. The highest BCUT2D eigenvalue weighted by molar-refractivity contribution is 5.91. The molecule has 1 aliphatic carbocycles. The van der Waals surface area contributed by atoms with Gasteiger partial charge in [0.2, 0.25) is 5.76 Å². The molecule has 5 rings (SSSR count). The first-order valence-corrected chi connectivity index (χ1v) is 11.4. The van der Waals surface area contributed by atoms with Gasteiger partial charge in [-0.25, -0.2) is 4.98 Å². The zero-order chi connectivity index (χ0) is 23.7. The van der Waals surface area contributed by atoms with Crippen molar-refractivity contribution in [3.63, 3.8) is 0 Å². The molecule has 2 fully saturated rings. The molecule has 3 N–H and O–H groups in total. The Bertz CT molecular complexity index is 1220. The molecule has 11 heteroatoms. The Morgan fingerprint density at radius 3 is 2.79 bits per heavy atom. The van der Waals surface area contributed by atoms with E-state index in [-0.39, 0.29) is 29.4 Å². The Morgan fingerprint density at radius 2 is 2.09 bits per heavy atom. The summed E-state index contributed by atoms with van der Waals surface area (Å²) in [4.78, 5) is 30.8. The van der Waals surface area contributed by atoms with E-state index in [2.05, 4.69) is 25.9 Å². The van der Waals surface area contributed by atoms with E-state index in [1.807, 2.05) is 17.0 Å². The fourth-order valence-electron chi connectivity index (χ4n) is 4.39. The maximum absolute atomic E-state index is 12.3. The van der Waals surface area contributed by atoms with Crippen LogP contribution in [-0.2, 0) is 0 Å². The van der Waals surface area contributed by atoms with Gasteiger partial charge in [-0.2, -0.15) is 4.68 Å². The summed E-state index contributed by atoms with van der Waals surface area (Å²) in [6.45, 7) is 3.39. The molecule has 1 saturated heterocycles. The second-order valence-electron chi connectivity index (χ2n) is 8.96. The smallest absolute Gasteiger partial charge is 0.289 e. The summed E-state index contributed by atoms with van der Waals surface area (Å²) in [6, 6.07) is 8.67. The lowest BCUT2D eigenvalue weighted by molar-refractivity contribution is 0.0910. The first-order valence-electron chi connectivity index (χ1n) is 11.4. The van der Waals surface area contributed by atoms with Gasteiger partial charge in [0, 0.05) is 37.8 Å². The van der Waals surface area contributed by atoms with Gasteiger partial charge in [0.25, 0.3) is 11.5 Å². The second kappa shape index (κ2) is 9.26. The van der Waals surface area contributed by atoms with Crippen LogP contribution in [0.15, 0.2) is 45.8 Å². The largest absolute Gasteiger partial charge is 0.389 e. The molecule has 1 amide bonds. The minimum Gasteiger partial charge on any atom is -0.389 e. The molecule has 0 unspecified atom stereocenters. The average Bonchev–Trinajstić information content (AvgIpc) is 3.45. The number of rotatable bonds is 7. The lowest BCUT2D eigenvalue weighted by Gasteiger charge is -2.36. The standard InChI is InChI=1S/C23H27N7O4/c1-14-8-19(34-28-14)23(33)25-10-15-2-3-16(9-15)26-20-5-4-17(11-24-20)30-22(32)7-6-21(27-30)29-12-18(31)13-29/h4-8,11,15-16,18,31H,2-3,9-10,12-13H2,1H3,(H,24,26)(H,25,33)/t15-,16+/m1/s1. The van der Waals surface area contributed by atoms with Gasteiger partial charge >= 0.3 is 0 Å². The molecule has 178 valence electrons. The molecule has 2 aliphatic rings. The van der Waals surface area contributed by atoms with Crippen molar-refractivity contribution in [2.24, 2.45) is 5.92 Å². The molecule has 1 aliphatic heterocycles. The molecule has 34 heavy (non-hydrogen) atoms. The summed E-state index contributed by atoms with van der Waals surface area (Å²) >= 11 is 0. The minimum atomic E-state index is -0.349. The normalized spacial score (nSPS) is 20.2. The minimum absolute atomic E-state index is 0.232. The molecule has 3 aromatic heterocycles. The number of hydrogen-bond acceptors (Lipinski definition) is 9. The van der Waals surface area contributed by atoms with Crippen molar-refractivity contribution in [1.82, 2.24) is 25.2 Å². The van der Waals surface area contributed by atoms with E-state index in [1.54, 1.807) is 25.3 Å². The van der Waals surface area contributed by atoms with E-state index in [9.17, 15) is 14.7 Å². The highest BCUT2D eigenvalue weighted by Gasteiger charge is 2.27. The summed E-state index contributed by atoms with van der Waals surface area (Å²) in [7, 11) is 0. The van der Waals surface area contributed by atoms with Crippen LogP contribution < -0.4 is 21.1 Å². The number of carbonyl (C=O) groups excluding carboxylic acids is 1. The third kappa shape index (κ3) is 4.79. The van der Waals surface area contributed by atoms with Crippen LogP contribution in [0.4, 0.5) is 11.6 Å². The van der Waals surface area contributed by atoms with Gasteiger partial charge < -0.3 is 25.2 Å². The SMILES string of the molecule is Cc1cc(C(=O)NC[C@@H]2CC[C@H](Nc3ccc(-n4nc(N5CC(O)C5)ccc4=O)cn3)C2)on1. The van der Waals surface area contributed by atoms with E-state index >= 15 is 0 Å². The van der Waals surface area contributed by atoms with Crippen molar-refractivity contribution in [3.8, 4) is 5.69 Å². The average molecular weight is 466 g/mol. The molecule has 4 heterocycles. The van der Waals surface area contributed by atoms with Crippen LogP contribution in [0.2, 0.25) is 0 Å². The number of amides is 1. The number of carbonyl (C=O) groups is 1. The van der Waals surface area contributed by atoms with Gasteiger partial charge in [-0.05, 0) is 50.3 Å². The van der Waals surface area contributed by atoms with E-state index in [0.717, 1.165) is 25.1 Å². The van der Waals surface area contributed by atoms with Gasteiger partial charge in [-0.1, -0.05) is 5.16 Å². The van der Waals surface area contributed by atoms with Crippen LogP contribution >= 0.6 is 0 Å². The van der Waals surface area contributed by atoms with Crippen LogP contribution in [0, 0.1) is 12.8 Å². The van der Waals surface area contributed by atoms with Crippen molar-refractivity contribution in [2.45, 2.75) is 38.3 Å². The summed E-state index contributed by atoms with van der Waals surface area (Å²) in [5, 5.41) is 24.0. The van der Waals surface area contributed by atoms with E-state index in [0.29, 0.717) is 42.8 Å². The lowest BCUT2D eigenvalue weighted by Crippen LogP contribution is -2.51. The fraction of sp³-hybridized carbons (Fsp3) is 0.435. The number of pyridine rings is 1. The van der Waals surface area contributed by atoms with Crippen molar-refractivity contribution in [2.75, 3.05) is 29.9 Å². The van der Waals surface area contributed by atoms with Crippen molar-refractivity contribution < 1.29 is 14.4 Å². The highest BCUT2D eigenvalue weighted by Crippen LogP contribution is 2.27. The predicted octanol–water partition coefficient (Wildman–Crippen LogP) is 1.12. The third-order valence-electron chi connectivity index (χ3n) is 6.26. The molecule has 2 atom stereocenters. The van der Waals surface area contributed by atoms with Gasteiger partial charge in [0.05, 0.1) is 23.7 Å². The number of nitrogens with one attached hydrogen (secondary N) is 2. The number of anilines is 2. The monoisotopic (exact) mass is 465 g/mol. The van der Waals surface area contributed by atoms with Crippen molar-refractivity contribution >= 4 is 17.5 Å². The summed E-state index contributed by atoms with van der Waals surface area (Å²) < 4.78 is 6.32. The number of aliphatic hydroxyl groups excluding tert-OH is 1. The Balaban J connectivity index is 1.15. The first-order chi connectivity index (χ1) is 16.4.